The molecule has 0 bridgehead atoms. The molecule has 0 atom stereocenters. The van der Waals surface area contributed by atoms with E-state index < -0.39 is 18.5 Å². The van der Waals surface area contributed by atoms with E-state index in [4.69, 9.17) is 9.47 Å². The van der Waals surface area contributed by atoms with E-state index in [1.54, 1.807) is 48.5 Å². The maximum atomic E-state index is 12.1. The van der Waals surface area contributed by atoms with Gasteiger partial charge in [0.2, 0.25) is 5.91 Å². The summed E-state index contributed by atoms with van der Waals surface area (Å²) in [5.41, 5.74) is 1.41. The summed E-state index contributed by atoms with van der Waals surface area (Å²) in [6.45, 7) is 3.21. The van der Waals surface area contributed by atoms with Gasteiger partial charge in [-0.2, -0.15) is 0 Å². The van der Waals surface area contributed by atoms with E-state index in [0.717, 1.165) is 0 Å². The number of carbonyl (C=O) groups is 3. The highest BCUT2D eigenvalue weighted by atomic mass is 16.5. The van der Waals surface area contributed by atoms with Crippen molar-refractivity contribution in [2.24, 2.45) is 0 Å². The first-order valence-corrected chi connectivity index (χ1v) is 8.06. The van der Waals surface area contributed by atoms with E-state index in [9.17, 15) is 14.4 Å². The Morgan fingerprint density at radius 2 is 1.54 bits per heavy atom. The lowest BCUT2D eigenvalue weighted by Gasteiger charge is -2.10. The molecule has 0 heterocycles. The van der Waals surface area contributed by atoms with Gasteiger partial charge in [-0.3, -0.25) is 9.59 Å². The van der Waals surface area contributed by atoms with Crippen LogP contribution in [0, 0.1) is 0 Å². The van der Waals surface area contributed by atoms with Crippen molar-refractivity contribution in [3.63, 3.8) is 0 Å². The topological polar surface area (TPSA) is 93.7 Å². The highest BCUT2D eigenvalue weighted by molar-refractivity contribution is 5.97. The van der Waals surface area contributed by atoms with Gasteiger partial charge < -0.3 is 20.1 Å². The smallest absolute Gasteiger partial charge is 0.342 e. The average Bonchev–Trinajstić information content (AvgIpc) is 2.62. The number of nitrogens with one attached hydrogen (secondary N) is 2. The maximum Gasteiger partial charge on any atom is 0.342 e. The molecule has 2 amide bonds. The van der Waals surface area contributed by atoms with Crippen LogP contribution >= 0.6 is 0 Å². The molecule has 0 aliphatic carbocycles. The molecule has 136 valence electrons. The minimum Gasteiger partial charge on any atom is -0.493 e. The summed E-state index contributed by atoms with van der Waals surface area (Å²) < 4.78 is 10.4. The molecule has 0 aliphatic heterocycles. The lowest BCUT2D eigenvalue weighted by Crippen LogP contribution is -2.21. The molecular formula is C19H20N2O5. The highest BCUT2D eigenvalue weighted by Gasteiger charge is 2.15. The van der Waals surface area contributed by atoms with Crippen molar-refractivity contribution in [2.75, 3.05) is 23.8 Å². The predicted octanol–water partition coefficient (Wildman–Crippen LogP) is 2.84. The molecule has 0 aromatic heterocycles. The first kappa shape index (κ1) is 19.0. The van der Waals surface area contributed by atoms with Crippen molar-refractivity contribution >= 4 is 29.2 Å². The van der Waals surface area contributed by atoms with Crippen LogP contribution in [0.5, 0.6) is 5.75 Å². The molecule has 0 saturated carbocycles. The summed E-state index contributed by atoms with van der Waals surface area (Å²) in [6.07, 6.45) is 0. The lowest BCUT2D eigenvalue weighted by atomic mass is 10.2. The minimum atomic E-state index is -0.634. The van der Waals surface area contributed by atoms with Crippen LogP contribution in [0.3, 0.4) is 0 Å². The van der Waals surface area contributed by atoms with Crippen LogP contribution in [0.25, 0.3) is 0 Å². The van der Waals surface area contributed by atoms with E-state index in [0.29, 0.717) is 23.7 Å². The van der Waals surface area contributed by atoms with Crippen molar-refractivity contribution in [1.29, 1.82) is 0 Å². The molecule has 0 saturated heterocycles. The Labute approximate surface area is 151 Å². The number of rotatable bonds is 7. The lowest BCUT2D eigenvalue weighted by molar-refractivity contribution is -0.119. The molecule has 2 aromatic rings. The SMILES string of the molecule is CCOc1ccccc1C(=O)OCC(=O)Nc1ccc(NC(C)=O)cc1. The molecule has 2 aromatic carbocycles. The van der Waals surface area contributed by atoms with Gasteiger partial charge in [0.05, 0.1) is 6.61 Å². The van der Waals surface area contributed by atoms with Crippen LogP contribution in [0.15, 0.2) is 48.5 Å². The molecule has 0 unspecified atom stereocenters. The van der Waals surface area contributed by atoms with Gasteiger partial charge in [0, 0.05) is 18.3 Å². The zero-order valence-electron chi connectivity index (χ0n) is 14.6. The number of anilines is 2. The summed E-state index contributed by atoms with van der Waals surface area (Å²) in [7, 11) is 0. The van der Waals surface area contributed by atoms with Gasteiger partial charge in [-0.25, -0.2) is 4.79 Å². The van der Waals surface area contributed by atoms with Crippen LogP contribution in [-0.2, 0) is 14.3 Å². The van der Waals surface area contributed by atoms with Crippen molar-refractivity contribution < 1.29 is 23.9 Å². The number of esters is 1. The van der Waals surface area contributed by atoms with Crippen molar-refractivity contribution in [2.45, 2.75) is 13.8 Å². The van der Waals surface area contributed by atoms with E-state index in [1.165, 1.54) is 6.92 Å². The number of ether oxygens (including phenoxy) is 2. The fourth-order valence-electron chi connectivity index (χ4n) is 2.16. The number of para-hydroxylation sites is 1. The van der Waals surface area contributed by atoms with Crippen LogP contribution in [0.4, 0.5) is 11.4 Å². The van der Waals surface area contributed by atoms with Gasteiger partial charge in [-0.05, 0) is 43.3 Å². The molecule has 7 nitrogen and oxygen atoms in total. The van der Waals surface area contributed by atoms with Gasteiger partial charge in [-0.1, -0.05) is 12.1 Å². The van der Waals surface area contributed by atoms with E-state index in [1.807, 2.05) is 6.92 Å². The minimum absolute atomic E-state index is 0.180. The van der Waals surface area contributed by atoms with Gasteiger partial charge >= 0.3 is 5.97 Å². The van der Waals surface area contributed by atoms with Crippen molar-refractivity contribution in [3.05, 3.63) is 54.1 Å². The monoisotopic (exact) mass is 356 g/mol. The molecule has 26 heavy (non-hydrogen) atoms. The van der Waals surface area contributed by atoms with Crippen LogP contribution in [0.1, 0.15) is 24.2 Å². The molecule has 0 fully saturated rings. The zero-order valence-corrected chi connectivity index (χ0v) is 14.6. The first-order chi connectivity index (χ1) is 12.5. The molecule has 0 aliphatic rings. The standard InChI is InChI=1S/C19H20N2O5/c1-3-25-17-7-5-4-6-16(17)19(24)26-12-18(23)21-15-10-8-14(9-11-15)20-13(2)22/h4-11H,3,12H2,1-2H3,(H,20,22)(H,21,23). The second kappa shape index (κ2) is 9.22. The third-order valence-electron chi connectivity index (χ3n) is 3.23. The van der Waals surface area contributed by atoms with Gasteiger partial charge in [0.25, 0.3) is 5.91 Å². The normalized spacial score (nSPS) is 9.92. The Morgan fingerprint density at radius 3 is 2.15 bits per heavy atom. The molecular weight excluding hydrogens is 336 g/mol. The number of carbonyl (C=O) groups excluding carboxylic acids is 3. The fraction of sp³-hybridized carbons (Fsp3) is 0.211. The van der Waals surface area contributed by atoms with E-state index >= 15 is 0 Å². The molecule has 0 radical (unpaired) electrons. The largest absolute Gasteiger partial charge is 0.493 e. The number of hydrogen-bond donors (Lipinski definition) is 2. The van der Waals surface area contributed by atoms with E-state index in [2.05, 4.69) is 10.6 Å². The summed E-state index contributed by atoms with van der Waals surface area (Å²) in [5, 5.41) is 5.24. The summed E-state index contributed by atoms with van der Waals surface area (Å²) in [5.74, 6) is -0.875. The Morgan fingerprint density at radius 1 is 0.923 bits per heavy atom. The Kier molecular flexibility index (Phi) is 6.73. The zero-order chi connectivity index (χ0) is 18.9. The Balaban J connectivity index is 1.88. The highest BCUT2D eigenvalue weighted by Crippen LogP contribution is 2.19. The number of benzene rings is 2. The van der Waals surface area contributed by atoms with Crippen molar-refractivity contribution in [1.82, 2.24) is 0 Å². The van der Waals surface area contributed by atoms with Crippen LogP contribution < -0.4 is 15.4 Å². The first-order valence-electron chi connectivity index (χ1n) is 8.06. The molecule has 2 N–H and O–H groups in total. The third kappa shape index (κ3) is 5.62. The second-order valence-corrected chi connectivity index (χ2v) is 5.31. The number of amides is 2. The van der Waals surface area contributed by atoms with Crippen LogP contribution in [-0.4, -0.2) is 31.0 Å². The second-order valence-electron chi connectivity index (χ2n) is 5.31. The third-order valence-corrected chi connectivity index (χ3v) is 3.23. The number of hydrogen-bond acceptors (Lipinski definition) is 5. The van der Waals surface area contributed by atoms with Gasteiger partial charge in [0.1, 0.15) is 11.3 Å². The molecule has 7 heteroatoms. The predicted molar refractivity (Wildman–Crippen MR) is 97.3 cm³/mol. The van der Waals surface area contributed by atoms with Gasteiger partial charge in [0.15, 0.2) is 6.61 Å². The molecule has 0 spiro atoms. The van der Waals surface area contributed by atoms with Crippen LogP contribution in [0.2, 0.25) is 0 Å². The summed E-state index contributed by atoms with van der Waals surface area (Å²) in [4.78, 5) is 35.0. The fourth-order valence-corrected chi connectivity index (χ4v) is 2.16. The Bertz CT molecular complexity index is 787. The quantitative estimate of drug-likeness (QED) is 0.744. The maximum absolute atomic E-state index is 12.1. The van der Waals surface area contributed by atoms with Crippen molar-refractivity contribution in [3.8, 4) is 5.75 Å². The molecule has 2 rings (SSSR count). The summed E-state index contributed by atoms with van der Waals surface area (Å²) >= 11 is 0. The average molecular weight is 356 g/mol. The van der Waals surface area contributed by atoms with E-state index in [-0.39, 0.29) is 11.5 Å². The van der Waals surface area contributed by atoms with Gasteiger partial charge in [-0.15, -0.1) is 0 Å². The summed E-state index contributed by atoms with van der Waals surface area (Å²) in [6, 6.07) is 13.3. The Hall–Kier alpha value is -3.35.